The van der Waals surface area contributed by atoms with Gasteiger partial charge in [0.1, 0.15) is 11.2 Å². The third kappa shape index (κ3) is 8.30. The van der Waals surface area contributed by atoms with Crippen LogP contribution in [0, 0.1) is 5.41 Å². The van der Waals surface area contributed by atoms with Crippen LogP contribution in [-0.4, -0.2) is 93.7 Å². The number of carbonyl (C=O) groups is 2. The van der Waals surface area contributed by atoms with E-state index in [4.69, 9.17) is 9.84 Å². The summed E-state index contributed by atoms with van der Waals surface area (Å²) in [5.74, 6) is -1.05. The molecule has 4 aromatic heterocycles. The smallest absolute Gasteiger partial charge is 0.418 e. The van der Waals surface area contributed by atoms with Crippen molar-refractivity contribution in [3.8, 4) is 11.3 Å². The first-order valence-corrected chi connectivity index (χ1v) is 18.3. The maximum atomic E-state index is 14.2. The first-order valence-electron chi connectivity index (χ1n) is 18.3. The number of halogens is 3. The second-order valence-corrected chi connectivity index (χ2v) is 14.9. The maximum Gasteiger partial charge on any atom is 0.418 e. The highest BCUT2D eigenvalue weighted by atomic mass is 19.4. The van der Waals surface area contributed by atoms with Crippen LogP contribution < -0.4 is 10.2 Å². The second-order valence-electron chi connectivity index (χ2n) is 14.9. The van der Waals surface area contributed by atoms with Gasteiger partial charge in [0.05, 0.1) is 35.7 Å². The fourth-order valence-electron chi connectivity index (χ4n) is 8.07. The number of carboxylic acids is 1. The zero-order valence-corrected chi connectivity index (χ0v) is 30.0. The molecule has 4 aromatic rings. The van der Waals surface area contributed by atoms with Crippen LogP contribution in [0.25, 0.3) is 22.4 Å². The molecule has 3 aliphatic rings. The van der Waals surface area contributed by atoms with E-state index in [-0.39, 0.29) is 52.2 Å². The Morgan fingerprint density at radius 1 is 1.06 bits per heavy atom. The minimum Gasteiger partial charge on any atom is -0.481 e. The molecule has 2 aliphatic carbocycles. The van der Waals surface area contributed by atoms with Gasteiger partial charge in [-0.15, -0.1) is 0 Å². The first kappa shape index (κ1) is 36.7. The Morgan fingerprint density at radius 3 is 2.45 bits per heavy atom. The molecular formula is C38H45F3N8O4. The SMILES string of the molecule is COCC1(CN(C)c2cc(-c3cnc(C4CC4)c(C(F)(F)F)c3)nc3nc(NC(=O)c4ccc(C5CCN(CCC(=O)O)CC5)cn4)[nH]c23)CCCC1. The highest BCUT2D eigenvalue weighted by Gasteiger charge is 2.40. The number of nitrogens with one attached hydrogen (secondary N) is 2. The van der Waals surface area contributed by atoms with Gasteiger partial charge in [-0.05, 0) is 81.3 Å². The van der Waals surface area contributed by atoms with Crippen molar-refractivity contribution < 1.29 is 32.6 Å². The van der Waals surface area contributed by atoms with Crippen LogP contribution in [0.3, 0.4) is 0 Å². The molecular weight excluding hydrogens is 689 g/mol. The standard InChI is InChI=1S/C38H45F3N8O4/c1-48(21-37(22-53-2)12-3-4-13-37)30-18-29(26-17-27(38(39,40)41)32(43-20-26)24-5-6-24)44-34-33(30)45-36(46-34)47-35(52)28-8-7-25(19-42-28)23-9-14-49(15-10-23)16-11-31(50)51/h7-8,17-20,23-24H,3-6,9-16,21-22H2,1-2H3,(H,50,51)(H2,44,45,46,47,52). The molecule has 0 spiro atoms. The van der Waals surface area contributed by atoms with E-state index in [9.17, 15) is 22.8 Å². The number of fused-ring (bicyclic) bond motifs is 1. The zero-order chi connectivity index (χ0) is 37.3. The molecule has 1 aliphatic heterocycles. The van der Waals surface area contributed by atoms with E-state index in [0.717, 1.165) is 63.2 Å². The van der Waals surface area contributed by atoms with Crippen molar-refractivity contribution in [3.05, 3.63) is 59.2 Å². The maximum absolute atomic E-state index is 14.2. The number of aliphatic carboxylic acids is 1. The predicted octanol–water partition coefficient (Wildman–Crippen LogP) is 6.86. The van der Waals surface area contributed by atoms with E-state index in [1.807, 2.05) is 13.1 Å². The molecule has 0 aromatic carbocycles. The number of hydrogen-bond donors (Lipinski definition) is 3. The third-order valence-corrected chi connectivity index (χ3v) is 11.0. The summed E-state index contributed by atoms with van der Waals surface area (Å²) in [5, 5.41) is 11.8. The van der Waals surface area contributed by atoms with Crippen LogP contribution in [-0.2, 0) is 15.7 Å². The number of hydrogen-bond acceptors (Lipinski definition) is 9. The molecule has 282 valence electrons. The Hall–Kier alpha value is -4.63. The molecule has 0 radical (unpaired) electrons. The number of piperidine rings is 1. The fraction of sp³-hybridized carbons (Fsp3) is 0.526. The van der Waals surface area contributed by atoms with Crippen LogP contribution in [0.4, 0.5) is 24.8 Å². The minimum atomic E-state index is -4.56. The van der Waals surface area contributed by atoms with Crippen molar-refractivity contribution in [2.45, 2.75) is 75.8 Å². The van der Waals surface area contributed by atoms with Gasteiger partial charge in [0.25, 0.3) is 5.91 Å². The Kier molecular flexibility index (Phi) is 10.4. The molecule has 3 fully saturated rings. The molecule has 15 heteroatoms. The molecule has 7 rings (SSSR count). The zero-order valence-electron chi connectivity index (χ0n) is 30.0. The molecule has 5 heterocycles. The van der Waals surface area contributed by atoms with E-state index in [1.54, 1.807) is 25.4 Å². The number of imidazole rings is 1. The number of aromatic nitrogens is 5. The van der Waals surface area contributed by atoms with Crippen LogP contribution >= 0.6 is 0 Å². The van der Waals surface area contributed by atoms with Gasteiger partial charge in [-0.1, -0.05) is 18.9 Å². The minimum absolute atomic E-state index is 0.0761. The number of anilines is 2. The summed E-state index contributed by atoms with van der Waals surface area (Å²) in [6.45, 7) is 3.37. The summed E-state index contributed by atoms with van der Waals surface area (Å²) in [5.41, 5.74) is 2.45. The Bertz CT molecular complexity index is 1950. The largest absolute Gasteiger partial charge is 0.481 e. The summed E-state index contributed by atoms with van der Waals surface area (Å²) in [4.78, 5) is 49.7. The van der Waals surface area contributed by atoms with Gasteiger partial charge in [0, 0.05) is 56.5 Å². The third-order valence-electron chi connectivity index (χ3n) is 11.0. The summed E-state index contributed by atoms with van der Waals surface area (Å²) < 4.78 is 48.3. The lowest BCUT2D eigenvalue weighted by molar-refractivity contribution is -0.139. The van der Waals surface area contributed by atoms with Gasteiger partial charge in [-0.3, -0.25) is 24.9 Å². The van der Waals surface area contributed by atoms with Crippen molar-refractivity contribution in [2.75, 3.05) is 57.2 Å². The van der Waals surface area contributed by atoms with Gasteiger partial charge in [0.2, 0.25) is 5.95 Å². The highest BCUT2D eigenvalue weighted by molar-refractivity contribution is 6.03. The number of nitrogens with zero attached hydrogens (tertiary/aromatic N) is 6. The molecule has 0 bridgehead atoms. The number of ether oxygens (including phenoxy) is 1. The van der Waals surface area contributed by atoms with E-state index in [1.165, 1.54) is 6.20 Å². The number of rotatable bonds is 13. The van der Waals surface area contributed by atoms with E-state index < -0.39 is 23.6 Å². The van der Waals surface area contributed by atoms with E-state index in [0.29, 0.717) is 49.4 Å². The Balaban J connectivity index is 1.15. The number of alkyl halides is 3. The highest BCUT2D eigenvalue weighted by Crippen LogP contribution is 2.46. The first-order chi connectivity index (χ1) is 25.4. The number of pyridine rings is 3. The van der Waals surface area contributed by atoms with Gasteiger partial charge >= 0.3 is 12.1 Å². The van der Waals surface area contributed by atoms with Crippen LogP contribution in [0.1, 0.15) is 96.9 Å². The fourth-order valence-corrected chi connectivity index (χ4v) is 8.07. The predicted molar refractivity (Wildman–Crippen MR) is 193 cm³/mol. The summed E-state index contributed by atoms with van der Waals surface area (Å²) >= 11 is 0. The average molecular weight is 735 g/mol. The average Bonchev–Trinajstić information content (AvgIpc) is 3.76. The molecule has 53 heavy (non-hydrogen) atoms. The second kappa shape index (κ2) is 15.0. The van der Waals surface area contributed by atoms with Crippen molar-refractivity contribution >= 4 is 34.7 Å². The normalized spacial score (nSPS) is 18.1. The van der Waals surface area contributed by atoms with Crippen LogP contribution in [0.2, 0.25) is 0 Å². The number of likely N-dealkylation sites (tertiary alicyclic amines) is 1. The van der Waals surface area contributed by atoms with Crippen molar-refractivity contribution in [3.63, 3.8) is 0 Å². The van der Waals surface area contributed by atoms with Gasteiger partial charge in [0.15, 0.2) is 5.65 Å². The molecule has 1 saturated heterocycles. The number of amides is 1. The quantitative estimate of drug-likeness (QED) is 0.133. The molecule has 0 unspecified atom stereocenters. The molecule has 12 nitrogen and oxygen atoms in total. The lowest BCUT2D eigenvalue weighted by atomic mass is 9.86. The number of carbonyl (C=O) groups excluding carboxylic acids is 1. The molecule has 2 saturated carbocycles. The summed E-state index contributed by atoms with van der Waals surface area (Å²) in [6.07, 6.45) is 6.05. The number of methoxy groups -OCH3 is 1. The van der Waals surface area contributed by atoms with Crippen molar-refractivity contribution in [1.82, 2.24) is 29.8 Å². The Labute approximate surface area is 305 Å². The number of carboxylic acid groups (broad SMARTS) is 1. The topological polar surface area (TPSA) is 149 Å². The molecule has 1 amide bonds. The lowest BCUT2D eigenvalue weighted by Crippen LogP contribution is -2.37. The number of H-pyrrole nitrogens is 1. The van der Waals surface area contributed by atoms with Crippen LogP contribution in [0.5, 0.6) is 0 Å². The van der Waals surface area contributed by atoms with E-state index in [2.05, 4.69) is 40.0 Å². The molecule has 3 N–H and O–H groups in total. The molecule has 0 atom stereocenters. The summed E-state index contributed by atoms with van der Waals surface area (Å²) in [7, 11) is 3.63. The summed E-state index contributed by atoms with van der Waals surface area (Å²) in [6, 6.07) is 6.46. The van der Waals surface area contributed by atoms with Gasteiger partial charge in [-0.25, -0.2) is 4.98 Å². The van der Waals surface area contributed by atoms with Gasteiger partial charge in [-0.2, -0.15) is 18.2 Å². The lowest BCUT2D eigenvalue weighted by Gasteiger charge is -2.34. The monoisotopic (exact) mass is 734 g/mol. The Morgan fingerprint density at radius 2 is 1.81 bits per heavy atom. The van der Waals surface area contributed by atoms with Crippen molar-refractivity contribution in [1.29, 1.82) is 0 Å². The van der Waals surface area contributed by atoms with Gasteiger partial charge < -0.3 is 24.6 Å². The number of aromatic amines is 1. The van der Waals surface area contributed by atoms with Crippen molar-refractivity contribution in [2.24, 2.45) is 5.41 Å². The van der Waals surface area contributed by atoms with Crippen LogP contribution in [0.15, 0.2) is 36.7 Å². The van der Waals surface area contributed by atoms with E-state index >= 15 is 0 Å².